The zero-order valence-electron chi connectivity index (χ0n) is 16.6. The van der Waals surface area contributed by atoms with E-state index >= 15 is 0 Å². The van der Waals surface area contributed by atoms with Crippen LogP contribution < -0.4 is 5.32 Å². The monoisotopic (exact) mass is 416 g/mol. The van der Waals surface area contributed by atoms with E-state index in [4.69, 9.17) is 16.6 Å². The van der Waals surface area contributed by atoms with E-state index in [0.29, 0.717) is 31.7 Å². The molecule has 0 spiro atoms. The van der Waals surface area contributed by atoms with Crippen molar-refractivity contribution in [3.63, 3.8) is 0 Å². The lowest BCUT2D eigenvalue weighted by Crippen LogP contribution is -2.52. The number of ketones is 2. The second-order valence-corrected chi connectivity index (χ2v) is 7.78. The Balaban J connectivity index is 1.38. The van der Waals surface area contributed by atoms with Crippen molar-refractivity contribution in [1.29, 1.82) is 0 Å². The predicted octanol–water partition coefficient (Wildman–Crippen LogP) is 1.66. The van der Waals surface area contributed by atoms with E-state index in [1.165, 1.54) is 0 Å². The van der Waals surface area contributed by atoms with E-state index in [-0.39, 0.29) is 17.5 Å². The molecule has 0 atom stereocenters. The van der Waals surface area contributed by atoms with Gasteiger partial charge in [-0.1, -0.05) is 6.08 Å². The van der Waals surface area contributed by atoms with Crippen molar-refractivity contribution in [2.24, 2.45) is 10.9 Å². The Hall–Kier alpha value is -2.32. The predicted molar refractivity (Wildman–Crippen MR) is 116 cm³/mol. The van der Waals surface area contributed by atoms with Gasteiger partial charge >= 0.3 is 0 Å². The van der Waals surface area contributed by atoms with Gasteiger partial charge in [-0.25, -0.2) is 0 Å². The number of piperazine rings is 1. The minimum atomic E-state index is -0.702. The Morgan fingerprint density at radius 3 is 2.62 bits per heavy atom. The highest BCUT2D eigenvalue weighted by molar-refractivity contribution is 7.80. The smallest absolute Gasteiger partial charge is 0.169 e. The summed E-state index contributed by atoms with van der Waals surface area (Å²) in [7, 11) is 0. The third kappa shape index (κ3) is 5.83. The van der Waals surface area contributed by atoms with Crippen molar-refractivity contribution in [3.8, 4) is 0 Å². The minimum Gasteiger partial charge on any atom is -0.469 e. The molecule has 0 amide bonds. The molecule has 2 heterocycles. The third-order valence-electron chi connectivity index (χ3n) is 5.39. The molecule has 156 valence electrons. The number of carbonyl (C=O) groups excluding carboxylic acids is 2. The quantitative estimate of drug-likeness (QED) is 0.313. The van der Waals surface area contributed by atoms with E-state index in [1.54, 1.807) is 24.6 Å². The standard InChI is InChI=1S/C21H28N4O3S/c1-2-5-23-21(29)25-10-8-24(9-11-25)7-6-22-15-17-18(26)13-16(14-19(17)27)20-4-3-12-28-20/h2-4,12,15-17H,1,5-11,13-14H2,(H,23,29). The Morgan fingerprint density at radius 2 is 2.00 bits per heavy atom. The maximum atomic E-state index is 12.4. The van der Waals surface area contributed by atoms with E-state index in [1.807, 2.05) is 6.07 Å². The van der Waals surface area contributed by atoms with Gasteiger partial charge in [0.25, 0.3) is 0 Å². The van der Waals surface area contributed by atoms with Crippen molar-refractivity contribution in [1.82, 2.24) is 15.1 Å². The van der Waals surface area contributed by atoms with Crippen LogP contribution in [0.3, 0.4) is 0 Å². The number of hydrogen-bond acceptors (Lipinski definition) is 6. The highest BCUT2D eigenvalue weighted by atomic mass is 32.1. The Kier molecular flexibility index (Phi) is 7.71. The lowest BCUT2D eigenvalue weighted by Gasteiger charge is -2.35. The maximum absolute atomic E-state index is 12.4. The van der Waals surface area contributed by atoms with Crippen LogP contribution in [-0.2, 0) is 9.59 Å². The Labute approximate surface area is 176 Å². The van der Waals surface area contributed by atoms with E-state index in [0.717, 1.165) is 37.8 Å². The number of aliphatic imine (C=N–C) groups is 1. The van der Waals surface area contributed by atoms with Gasteiger partial charge in [0.2, 0.25) is 0 Å². The average molecular weight is 417 g/mol. The van der Waals surface area contributed by atoms with Crippen molar-refractivity contribution in [2.45, 2.75) is 18.8 Å². The first-order valence-corrected chi connectivity index (χ1v) is 10.4. The van der Waals surface area contributed by atoms with E-state index in [2.05, 4.69) is 26.7 Å². The van der Waals surface area contributed by atoms with Crippen LogP contribution in [0.5, 0.6) is 0 Å². The summed E-state index contributed by atoms with van der Waals surface area (Å²) in [4.78, 5) is 33.6. The first-order valence-electron chi connectivity index (χ1n) is 10.0. The number of thiocarbonyl (C=S) groups is 1. The Morgan fingerprint density at radius 1 is 1.28 bits per heavy atom. The van der Waals surface area contributed by atoms with E-state index in [9.17, 15) is 9.59 Å². The van der Waals surface area contributed by atoms with Crippen LogP contribution in [0.1, 0.15) is 24.5 Å². The lowest BCUT2D eigenvalue weighted by molar-refractivity contribution is -0.133. The molecule has 0 unspecified atom stereocenters. The van der Waals surface area contributed by atoms with Crippen molar-refractivity contribution in [2.75, 3.05) is 45.8 Å². The zero-order chi connectivity index (χ0) is 20.6. The molecule has 0 aromatic carbocycles. The van der Waals surface area contributed by atoms with E-state index < -0.39 is 5.92 Å². The van der Waals surface area contributed by atoms with Crippen LogP contribution in [0.25, 0.3) is 0 Å². The molecule has 29 heavy (non-hydrogen) atoms. The molecule has 1 aliphatic carbocycles. The van der Waals surface area contributed by atoms with Gasteiger partial charge in [0.1, 0.15) is 23.2 Å². The topological polar surface area (TPSA) is 78.2 Å². The summed E-state index contributed by atoms with van der Waals surface area (Å²) < 4.78 is 5.35. The summed E-state index contributed by atoms with van der Waals surface area (Å²) in [6.07, 6.45) is 5.57. The highest BCUT2D eigenvalue weighted by Gasteiger charge is 2.36. The summed E-state index contributed by atoms with van der Waals surface area (Å²) in [5, 5.41) is 3.92. The molecule has 3 rings (SSSR count). The zero-order valence-corrected chi connectivity index (χ0v) is 17.4. The normalized spacial score (nSPS) is 23.5. The number of hydrogen-bond donors (Lipinski definition) is 1. The average Bonchev–Trinajstić information content (AvgIpc) is 3.26. The molecule has 1 saturated heterocycles. The van der Waals surface area contributed by atoms with Crippen LogP contribution in [0.2, 0.25) is 0 Å². The maximum Gasteiger partial charge on any atom is 0.169 e. The number of rotatable bonds is 7. The molecule has 2 aliphatic rings. The second-order valence-electron chi connectivity index (χ2n) is 7.39. The van der Waals surface area contributed by atoms with Gasteiger partial charge in [-0.3, -0.25) is 19.5 Å². The first kappa shape index (κ1) is 21.4. The molecule has 1 N–H and O–H groups in total. The third-order valence-corrected chi connectivity index (χ3v) is 5.79. The SMILES string of the molecule is C=CCNC(=S)N1CCN(CCN=CC2C(=O)CC(c3ccco3)CC2=O)CC1. The molecule has 1 saturated carbocycles. The molecular weight excluding hydrogens is 388 g/mol. The number of carbonyl (C=O) groups is 2. The van der Waals surface area contributed by atoms with Crippen LogP contribution in [0.4, 0.5) is 0 Å². The molecule has 0 radical (unpaired) electrons. The number of furan rings is 1. The van der Waals surface area contributed by atoms with Gasteiger partial charge in [0, 0.05) is 64.2 Å². The molecule has 0 bridgehead atoms. The van der Waals surface area contributed by atoms with Gasteiger partial charge in [0.05, 0.1) is 12.8 Å². The van der Waals surface area contributed by atoms with Crippen LogP contribution in [-0.4, -0.2) is 78.5 Å². The lowest BCUT2D eigenvalue weighted by atomic mass is 9.79. The summed E-state index contributed by atoms with van der Waals surface area (Å²) in [6, 6.07) is 3.60. The van der Waals surface area contributed by atoms with Gasteiger partial charge < -0.3 is 14.6 Å². The summed E-state index contributed by atoms with van der Waals surface area (Å²) in [5.41, 5.74) is 0. The second kappa shape index (κ2) is 10.5. The minimum absolute atomic E-state index is 0.0689. The van der Waals surface area contributed by atoms with Gasteiger partial charge in [-0.15, -0.1) is 6.58 Å². The Bertz CT molecular complexity index is 736. The summed E-state index contributed by atoms with van der Waals surface area (Å²) in [5.74, 6) is -0.272. The molecule has 7 nitrogen and oxygen atoms in total. The molecular formula is C21H28N4O3S. The van der Waals surface area contributed by atoms with Gasteiger partial charge in [0.15, 0.2) is 5.11 Å². The largest absolute Gasteiger partial charge is 0.469 e. The fourth-order valence-corrected chi connectivity index (χ4v) is 3.97. The fraction of sp³-hybridized carbons (Fsp3) is 0.524. The summed E-state index contributed by atoms with van der Waals surface area (Å²) in [6.45, 7) is 9.32. The molecule has 1 aliphatic heterocycles. The number of nitrogens with one attached hydrogen (secondary N) is 1. The molecule has 1 aromatic rings. The number of nitrogens with zero attached hydrogens (tertiary/aromatic N) is 3. The van der Waals surface area contributed by atoms with Crippen LogP contribution in [0.15, 0.2) is 40.5 Å². The van der Waals surface area contributed by atoms with Gasteiger partial charge in [-0.2, -0.15) is 0 Å². The fourth-order valence-electron chi connectivity index (χ4n) is 3.71. The van der Waals surface area contributed by atoms with Gasteiger partial charge in [-0.05, 0) is 24.4 Å². The van der Waals surface area contributed by atoms with Crippen molar-refractivity contribution in [3.05, 3.63) is 36.8 Å². The first-order chi connectivity index (χ1) is 14.1. The summed E-state index contributed by atoms with van der Waals surface area (Å²) >= 11 is 5.37. The molecule has 1 aromatic heterocycles. The molecule has 8 heteroatoms. The molecule has 2 fully saturated rings. The van der Waals surface area contributed by atoms with Crippen LogP contribution >= 0.6 is 12.2 Å². The van der Waals surface area contributed by atoms with Crippen LogP contribution in [0, 0.1) is 5.92 Å². The highest BCUT2D eigenvalue weighted by Crippen LogP contribution is 2.31. The number of Topliss-reactive ketones (excluding diaryl/α,β-unsaturated/α-hetero) is 2. The van der Waals surface area contributed by atoms with Crippen molar-refractivity contribution < 1.29 is 14.0 Å². The van der Waals surface area contributed by atoms with Crippen molar-refractivity contribution >= 4 is 35.1 Å².